The van der Waals surface area contributed by atoms with Gasteiger partial charge in [0, 0.05) is 6.07 Å². The number of aromatic carboxylic acids is 1. The first-order valence-corrected chi connectivity index (χ1v) is 5.32. The normalized spacial score (nSPS) is 10.9. The van der Waals surface area contributed by atoms with Gasteiger partial charge in [-0.15, -0.1) is 0 Å². The van der Waals surface area contributed by atoms with E-state index in [4.69, 9.17) is 4.52 Å². The van der Waals surface area contributed by atoms with Gasteiger partial charge in [0.1, 0.15) is 0 Å². The molecule has 90 valence electrons. The van der Waals surface area contributed by atoms with E-state index in [2.05, 4.69) is 10.1 Å². The number of hydrogen-bond acceptors (Lipinski definition) is 4. The lowest BCUT2D eigenvalue weighted by molar-refractivity contribution is 0.0698. The van der Waals surface area contributed by atoms with Gasteiger partial charge in [0.05, 0.1) is 35.7 Å². The summed E-state index contributed by atoms with van der Waals surface area (Å²) in [5.74, 6) is -0.325. The Labute approximate surface area is 101 Å². The number of hydrogen-bond donors (Lipinski definition) is 1. The average molecular weight is 243 g/mol. The van der Waals surface area contributed by atoms with Gasteiger partial charge in [-0.2, -0.15) is 0 Å². The van der Waals surface area contributed by atoms with E-state index in [9.17, 15) is 9.90 Å². The van der Waals surface area contributed by atoms with Gasteiger partial charge in [-0.3, -0.25) is 0 Å². The Bertz CT molecular complexity index is 701. The molecule has 3 aromatic rings. The Balaban J connectivity index is 2.15. The summed E-state index contributed by atoms with van der Waals surface area (Å²) in [6.45, 7) is 0.404. The van der Waals surface area contributed by atoms with E-state index in [-0.39, 0.29) is 5.56 Å². The number of carboxylic acid groups (broad SMARTS) is 1. The quantitative estimate of drug-likeness (QED) is 0.758. The molecule has 3 rings (SSSR count). The summed E-state index contributed by atoms with van der Waals surface area (Å²) in [6.07, 6.45) is 3.15. The zero-order valence-corrected chi connectivity index (χ0v) is 9.28. The number of fused-ring (bicyclic) bond motifs is 1. The van der Waals surface area contributed by atoms with Crippen LogP contribution in [0, 0.1) is 0 Å². The third-order valence-corrected chi connectivity index (χ3v) is 2.69. The number of carboxylic acids is 1. The molecule has 0 aliphatic rings. The fourth-order valence-corrected chi connectivity index (χ4v) is 1.91. The highest BCUT2D eigenvalue weighted by atomic mass is 16.5. The Kier molecular flexibility index (Phi) is 2.33. The Morgan fingerprint density at radius 2 is 2.28 bits per heavy atom. The van der Waals surface area contributed by atoms with Crippen LogP contribution in [0.2, 0.25) is 0 Å². The van der Waals surface area contributed by atoms with Gasteiger partial charge >= 0.3 is 5.97 Å². The number of nitrogens with zero attached hydrogens (tertiary/aromatic N) is 3. The van der Waals surface area contributed by atoms with E-state index in [1.807, 2.05) is 0 Å². The number of para-hydroxylation sites is 1. The molecular weight excluding hydrogens is 234 g/mol. The highest BCUT2D eigenvalue weighted by molar-refractivity contribution is 6.01. The molecule has 1 N–H and O–H groups in total. The summed E-state index contributed by atoms with van der Waals surface area (Å²) in [5, 5.41) is 12.8. The van der Waals surface area contributed by atoms with E-state index >= 15 is 0 Å². The highest BCUT2D eigenvalue weighted by Gasteiger charge is 2.13. The van der Waals surface area contributed by atoms with Gasteiger partial charge in [-0.05, 0) is 12.1 Å². The van der Waals surface area contributed by atoms with Crippen molar-refractivity contribution in [3.8, 4) is 0 Å². The van der Waals surface area contributed by atoms with Crippen molar-refractivity contribution in [1.29, 1.82) is 0 Å². The largest absolute Gasteiger partial charge is 0.478 e. The summed E-state index contributed by atoms with van der Waals surface area (Å²) in [7, 11) is 0. The third kappa shape index (κ3) is 1.64. The molecular formula is C12H9N3O3. The maximum absolute atomic E-state index is 11.2. The molecule has 0 amide bonds. The first kappa shape index (κ1) is 10.5. The molecule has 2 heterocycles. The van der Waals surface area contributed by atoms with E-state index in [1.54, 1.807) is 41.4 Å². The summed E-state index contributed by atoms with van der Waals surface area (Å²) in [5.41, 5.74) is 1.46. The molecule has 6 heteroatoms. The molecule has 0 unspecified atom stereocenters. The van der Waals surface area contributed by atoms with E-state index in [0.717, 1.165) is 0 Å². The molecule has 0 atom stereocenters. The predicted octanol–water partition coefficient (Wildman–Crippen LogP) is 1.77. The topological polar surface area (TPSA) is 81.1 Å². The predicted molar refractivity (Wildman–Crippen MR) is 62.3 cm³/mol. The number of imidazole rings is 1. The van der Waals surface area contributed by atoms with Crippen LogP contribution in [0.15, 0.2) is 41.3 Å². The second kappa shape index (κ2) is 3.99. The van der Waals surface area contributed by atoms with Crippen LogP contribution in [0.25, 0.3) is 11.0 Å². The molecule has 0 saturated heterocycles. The summed E-state index contributed by atoms with van der Waals surface area (Å²) in [6, 6.07) is 6.74. The van der Waals surface area contributed by atoms with Crippen LogP contribution in [-0.2, 0) is 6.54 Å². The first-order valence-electron chi connectivity index (χ1n) is 5.32. The minimum atomic E-state index is -0.972. The molecule has 6 nitrogen and oxygen atoms in total. The fourth-order valence-electron chi connectivity index (χ4n) is 1.91. The van der Waals surface area contributed by atoms with Crippen LogP contribution in [0.4, 0.5) is 0 Å². The van der Waals surface area contributed by atoms with Crippen LogP contribution >= 0.6 is 0 Å². The molecule has 0 bridgehead atoms. The van der Waals surface area contributed by atoms with Crippen LogP contribution in [0.5, 0.6) is 0 Å². The van der Waals surface area contributed by atoms with Gasteiger partial charge in [-0.1, -0.05) is 11.2 Å². The Morgan fingerprint density at radius 3 is 3.00 bits per heavy atom. The van der Waals surface area contributed by atoms with Gasteiger partial charge < -0.3 is 14.2 Å². The molecule has 0 saturated carbocycles. The van der Waals surface area contributed by atoms with Gasteiger partial charge in [0.2, 0.25) is 0 Å². The molecule has 2 aromatic heterocycles. The summed E-state index contributed by atoms with van der Waals surface area (Å²) >= 11 is 0. The summed E-state index contributed by atoms with van der Waals surface area (Å²) in [4.78, 5) is 15.4. The van der Waals surface area contributed by atoms with Crippen molar-refractivity contribution < 1.29 is 14.4 Å². The molecule has 0 aliphatic heterocycles. The Hall–Kier alpha value is -2.63. The number of aromatic nitrogens is 3. The van der Waals surface area contributed by atoms with Crippen molar-refractivity contribution in [2.24, 2.45) is 0 Å². The fraction of sp³-hybridized carbons (Fsp3) is 0.0833. The van der Waals surface area contributed by atoms with Crippen molar-refractivity contribution in [3.63, 3.8) is 0 Å². The molecule has 0 aliphatic carbocycles. The van der Waals surface area contributed by atoms with Crippen molar-refractivity contribution in [3.05, 3.63) is 48.1 Å². The zero-order chi connectivity index (χ0) is 12.5. The molecule has 0 spiro atoms. The smallest absolute Gasteiger partial charge is 0.337 e. The van der Waals surface area contributed by atoms with Crippen LogP contribution in [-0.4, -0.2) is 25.8 Å². The van der Waals surface area contributed by atoms with E-state index < -0.39 is 5.97 Å². The highest BCUT2D eigenvalue weighted by Crippen LogP contribution is 2.19. The first-order chi connectivity index (χ1) is 8.75. The standard InChI is InChI=1S/C12H9N3O3/c16-12(17)9-2-1-3-10-11(9)15(7-13-10)6-8-4-5-14-18-8/h1-5,7H,6H2,(H,16,17). The SMILES string of the molecule is O=C(O)c1cccc2ncn(Cc3ccno3)c12. The van der Waals surface area contributed by atoms with E-state index in [0.29, 0.717) is 23.3 Å². The lowest BCUT2D eigenvalue weighted by Gasteiger charge is -2.03. The summed E-state index contributed by atoms with van der Waals surface area (Å²) < 4.78 is 6.75. The zero-order valence-electron chi connectivity index (χ0n) is 9.28. The van der Waals surface area contributed by atoms with Crippen molar-refractivity contribution in [2.45, 2.75) is 6.54 Å². The number of rotatable bonds is 3. The second-order valence-corrected chi connectivity index (χ2v) is 3.83. The van der Waals surface area contributed by atoms with Crippen molar-refractivity contribution in [1.82, 2.24) is 14.7 Å². The lowest BCUT2D eigenvalue weighted by Crippen LogP contribution is -2.03. The molecule has 18 heavy (non-hydrogen) atoms. The number of carbonyl (C=O) groups is 1. The van der Waals surface area contributed by atoms with Gasteiger partial charge in [0.15, 0.2) is 5.76 Å². The van der Waals surface area contributed by atoms with Crippen molar-refractivity contribution >= 4 is 17.0 Å². The van der Waals surface area contributed by atoms with Crippen LogP contribution in [0.1, 0.15) is 16.1 Å². The number of benzene rings is 1. The maximum atomic E-state index is 11.2. The lowest BCUT2D eigenvalue weighted by atomic mass is 10.2. The van der Waals surface area contributed by atoms with Crippen molar-refractivity contribution in [2.75, 3.05) is 0 Å². The van der Waals surface area contributed by atoms with Gasteiger partial charge in [0.25, 0.3) is 0 Å². The van der Waals surface area contributed by atoms with E-state index in [1.165, 1.54) is 0 Å². The Morgan fingerprint density at radius 1 is 1.39 bits per heavy atom. The average Bonchev–Trinajstić information content (AvgIpc) is 2.99. The monoisotopic (exact) mass is 243 g/mol. The second-order valence-electron chi connectivity index (χ2n) is 3.83. The van der Waals surface area contributed by atoms with Gasteiger partial charge in [-0.25, -0.2) is 9.78 Å². The third-order valence-electron chi connectivity index (χ3n) is 2.69. The molecule has 0 fully saturated rings. The molecule has 1 aromatic carbocycles. The maximum Gasteiger partial charge on any atom is 0.337 e. The minimum Gasteiger partial charge on any atom is -0.478 e. The van der Waals surface area contributed by atoms with Crippen LogP contribution < -0.4 is 0 Å². The van der Waals surface area contributed by atoms with Crippen LogP contribution in [0.3, 0.4) is 0 Å². The molecule has 0 radical (unpaired) electrons. The minimum absolute atomic E-state index is 0.226.